The Morgan fingerprint density at radius 1 is 0.829 bits per heavy atom. The van der Waals surface area contributed by atoms with Crippen LogP contribution >= 0.6 is 0 Å². The number of hydrogen-bond acceptors (Lipinski definition) is 6. The van der Waals surface area contributed by atoms with Crippen LogP contribution in [0.1, 0.15) is 23.2 Å². The lowest BCUT2D eigenvalue weighted by molar-refractivity contribution is 0.101. The number of hydrogen-bond donors (Lipinski definition) is 1. The monoisotopic (exact) mass is 513 g/mol. The first-order chi connectivity index (χ1) is 16.7. The Morgan fingerprint density at radius 3 is 2.00 bits per heavy atom. The van der Waals surface area contributed by atoms with E-state index in [1.165, 1.54) is 52.1 Å². The van der Waals surface area contributed by atoms with Crippen LogP contribution in [0.2, 0.25) is 0 Å². The van der Waals surface area contributed by atoms with E-state index in [-0.39, 0.29) is 22.1 Å². The van der Waals surface area contributed by atoms with Crippen LogP contribution in [0.25, 0.3) is 0 Å². The molecule has 0 unspecified atom stereocenters. The molecule has 0 spiro atoms. The van der Waals surface area contributed by atoms with E-state index in [1.54, 1.807) is 36.4 Å². The lowest BCUT2D eigenvalue weighted by Gasteiger charge is -2.19. The molecule has 1 aliphatic heterocycles. The summed E-state index contributed by atoms with van der Waals surface area (Å²) in [6.45, 7) is 1.03. The molecule has 4 rings (SSSR count). The van der Waals surface area contributed by atoms with Gasteiger partial charge in [-0.2, -0.15) is 4.31 Å². The van der Waals surface area contributed by atoms with Gasteiger partial charge in [-0.3, -0.25) is 9.10 Å². The van der Waals surface area contributed by atoms with Crippen molar-refractivity contribution in [3.63, 3.8) is 0 Å². The highest BCUT2D eigenvalue weighted by molar-refractivity contribution is 7.92. The van der Waals surface area contributed by atoms with E-state index >= 15 is 0 Å². The van der Waals surface area contributed by atoms with Crippen LogP contribution in [-0.2, 0) is 20.0 Å². The number of carbonyl (C=O) groups is 1. The van der Waals surface area contributed by atoms with Gasteiger partial charge in [-0.15, -0.1) is 0 Å². The SMILES string of the molecule is CN(c1ccccc1)S(=O)(=O)c1ccc(NCC(=O)c2ccc(S(=O)(=O)N3CCCC3)cc2)cc1. The van der Waals surface area contributed by atoms with Crippen LogP contribution in [0.3, 0.4) is 0 Å². The first-order valence-electron chi connectivity index (χ1n) is 11.2. The molecular formula is C25H27N3O5S2. The molecule has 10 heteroatoms. The average Bonchev–Trinajstić information content (AvgIpc) is 3.44. The van der Waals surface area contributed by atoms with Gasteiger partial charge in [0.25, 0.3) is 10.0 Å². The molecule has 184 valence electrons. The van der Waals surface area contributed by atoms with E-state index in [9.17, 15) is 21.6 Å². The first-order valence-corrected chi connectivity index (χ1v) is 14.1. The van der Waals surface area contributed by atoms with Gasteiger partial charge in [0.2, 0.25) is 10.0 Å². The van der Waals surface area contributed by atoms with Crippen molar-refractivity contribution in [2.24, 2.45) is 0 Å². The fraction of sp³-hybridized carbons (Fsp3) is 0.240. The summed E-state index contributed by atoms with van der Waals surface area (Å²) in [6, 6.07) is 20.9. The number of rotatable bonds is 9. The summed E-state index contributed by atoms with van der Waals surface area (Å²) < 4.78 is 53.7. The number of benzene rings is 3. The predicted octanol–water partition coefficient (Wildman–Crippen LogP) is 3.59. The van der Waals surface area contributed by atoms with Crippen molar-refractivity contribution in [3.8, 4) is 0 Å². The Labute approximate surface area is 206 Å². The van der Waals surface area contributed by atoms with E-state index in [1.807, 2.05) is 6.07 Å². The van der Waals surface area contributed by atoms with E-state index in [0.717, 1.165) is 12.8 Å². The van der Waals surface area contributed by atoms with Crippen LogP contribution in [0.15, 0.2) is 88.7 Å². The summed E-state index contributed by atoms with van der Waals surface area (Å²) in [6.07, 6.45) is 1.72. The average molecular weight is 514 g/mol. The minimum Gasteiger partial charge on any atom is -0.378 e. The van der Waals surface area contributed by atoms with Gasteiger partial charge in [-0.25, -0.2) is 16.8 Å². The molecule has 3 aromatic carbocycles. The van der Waals surface area contributed by atoms with E-state index < -0.39 is 20.0 Å². The van der Waals surface area contributed by atoms with E-state index in [0.29, 0.717) is 30.0 Å². The number of nitrogens with one attached hydrogen (secondary N) is 1. The fourth-order valence-corrected chi connectivity index (χ4v) is 6.57. The quantitative estimate of drug-likeness (QED) is 0.439. The fourth-order valence-electron chi connectivity index (χ4n) is 3.85. The van der Waals surface area contributed by atoms with Crippen LogP contribution < -0.4 is 9.62 Å². The molecule has 0 amide bonds. The number of sulfonamides is 2. The molecule has 0 aromatic heterocycles. The second kappa shape index (κ2) is 10.2. The van der Waals surface area contributed by atoms with Crippen molar-refractivity contribution in [2.75, 3.05) is 36.3 Å². The van der Waals surface area contributed by atoms with Gasteiger partial charge in [0.1, 0.15) is 0 Å². The van der Waals surface area contributed by atoms with Crippen LogP contribution in [0, 0.1) is 0 Å². The summed E-state index contributed by atoms with van der Waals surface area (Å²) in [7, 11) is -5.75. The van der Waals surface area contributed by atoms with Gasteiger partial charge >= 0.3 is 0 Å². The van der Waals surface area contributed by atoms with Crippen molar-refractivity contribution >= 4 is 37.2 Å². The maximum Gasteiger partial charge on any atom is 0.264 e. The third-order valence-electron chi connectivity index (χ3n) is 5.96. The molecule has 0 saturated carbocycles. The molecule has 8 nitrogen and oxygen atoms in total. The second-order valence-corrected chi connectivity index (χ2v) is 12.2. The maximum absolute atomic E-state index is 12.9. The van der Waals surface area contributed by atoms with Gasteiger partial charge < -0.3 is 5.32 Å². The Kier molecular flexibility index (Phi) is 7.25. The topological polar surface area (TPSA) is 104 Å². The second-order valence-electron chi connectivity index (χ2n) is 8.24. The number of para-hydroxylation sites is 1. The number of Topliss-reactive ketones (excluding diaryl/α,β-unsaturated/α-hetero) is 1. The van der Waals surface area contributed by atoms with E-state index in [2.05, 4.69) is 5.32 Å². The summed E-state index contributed by atoms with van der Waals surface area (Å²) >= 11 is 0. The Hall–Kier alpha value is -3.21. The van der Waals surface area contributed by atoms with Crippen molar-refractivity contribution in [2.45, 2.75) is 22.6 Å². The number of anilines is 2. The molecule has 3 aromatic rings. The maximum atomic E-state index is 12.9. The zero-order chi connectivity index (χ0) is 25.1. The lowest BCUT2D eigenvalue weighted by atomic mass is 10.1. The highest BCUT2D eigenvalue weighted by Crippen LogP contribution is 2.23. The summed E-state index contributed by atoms with van der Waals surface area (Å²) in [5, 5.41) is 2.99. The van der Waals surface area contributed by atoms with Crippen molar-refractivity contribution in [1.82, 2.24) is 4.31 Å². The molecular weight excluding hydrogens is 486 g/mol. The van der Waals surface area contributed by atoms with Gasteiger partial charge in [0.15, 0.2) is 5.78 Å². The van der Waals surface area contributed by atoms with Crippen LogP contribution in [0.4, 0.5) is 11.4 Å². The lowest BCUT2D eigenvalue weighted by Crippen LogP contribution is -2.27. The third-order valence-corrected chi connectivity index (χ3v) is 9.68. The van der Waals surface area contributed by atoms with Crippen LogP contribution in [-0.4, -0.2) is 53.6 Å². The standard InChI is InChI=1S/C25H27N3O5S2/c1-27(22-7-3-2-4-8-22)34(30,31)23-15-11-21(12-16-23)26-19-25(29)20-9-13-24(14-10-20)35(32,33)28-17-5-6-18-28/h2-4,7-16,26H,5-6,17-19H2,1H3. The van der Waals surface area contributed by atoms with Gasteiger partial charge in [0, 0.05) is 31.4 Å². The molecule has 0 bridgehead atoms. The Balaban J connectivity index is 1.38. The Morgan fingerprint density at radius 2 is 1.40 bits per heavy atom. The van der Waals surface area contributed by atoms with Crippen molar-refractivity contribution < 1.29 is 21.6 Å². The zero-order valence-electron chi connectivity index (χ0n) is 19.3. The van der Waals surface area contributed by atoms with Crippen LogP contribution in [0.5, 0.6) is 0 Å². The zero-order valence-corrected chi connectivity index (χ0v) is 20.9. The normalized spacial score (nSPS) is 14.5. The van der Waals surface area contributed by atoms with Gasteiger partial charge in [-0.05, 0) is 73.5 Å². The largest absolute Gasteiger partial charge is 0.378 e. The van der Waals surface area contributed by atoms with Crippen molar-refractivity contribution in [3.05, 3.63) is 84.4 Å². The molecule has 0 radical (unpaired) electrons. The first kappa shape index (κ1) is 24.9. The highest BCUT2D eigenvalue weighted by Gasteiger charge is 2.27. The molecule has 1 fully saturated rings. The predicted molar refractivity (Wildman–Crippen MR) is 136 cm³/mol. The molecule has 1 aliphatic rings. The number of nitrogens with zero attached hydrogens (tertiary/aromatic N) is 2. The summed E-state index contributed by atoms with van der Waals surface area (Å²) in [5.74, 6) is -0.212. The molecule has 1 N–H and O–H groups in total. The van der Waals surface area contributed by atoms with E-state index in [4.69, 9.17) is 0 Å². The third kappa shape index (κ3) is 5.39. The molecule has 0 aliphatic carbocycles. The number of carbonyl (C=O) groups excluding carboxylic acids is 1. The molecule has 1 heterocycles. The number of ketones is 1. The minimum absolute atomic E-state index is 0.0196. The van der Waals surface area contributed by atoms with Gasteiger partial charge in [0.05, 0.1) is 22.0 Å². The molecule has 35 heavy (non-hydrogen) atoms. The molecule has 1 saturated heterocycles. The van der Waals surface area contributed by atoms with Gasteiger partial charge in [-0.1, -0.05) is 18.2 Å². The van der Waals surface area contributed by atoms with Crippen molar-refractivity contribution in [1.29, 1.82) is 0 Å². The Bertz CT molecular complexity index is 1380. The molecule has 0 atom stereocenters. The summed E-state index contributed by atoms with van der Waals surface area (Å²) in [5.41, 5.74) is 1.54. The minimum atomic E-state index is -3.72. The highest BCUT2D eigenvalue weighted by atomic mass is 32.2. The summed E-state index contributed by atoms with van der Waals surface area (Å²) in [4.78, 5) is 12.9. The smallest absolute Gasteiger partial charge is 0.264 e.